The van der Waals surface area contributed by atoms with Gasteiger partial charge in [-0.2, -0.15) is 0 Å². The minimum atomic E-state index is 1.18. The zero-order valence-electron chi connectivity index (χ0n) is 24.3. The maximum atomic E-state index is 2.52. The zero-order chi connectivity index (χ0) is 29.2. The van der Waals surface area contributed by atoms with Crippen LogP contribution in [-0.4, -0.2) is 13.5 Å². The number of benzene rings is 7. The molecular formula is C42H25N3. The van der Waals surface area contributed by atoms with Crippen molar-refractivity contribution in [3.05, 3.63) is 152 Å². The molecule has 0 aliphatic carbocycles. The topological polar surface area (TPSA) is 14.3 Å². The summed E-state index contributed by atoms with van der Waals surface area (Å²) in [6.07, 6.45) is 0. The molecule has 0 radical (unpaired) electrons. The first-order valence-corrected chi connectivity index (χ1v) is 15.5. The summed E-state index contributed by atoms with van der Waals surface area (Å²) in [4.78, 5) is 0. The van der Waals surface area contributed by atoms with Crippen LogP contribution < -0.4 is 0 Å². The highest BCUT2D eigenvalue weighted by Gasteiger charge is 2.25. The van der Waals surface area contributed by atoms with Crippen molar-refractivity contribution in [2.45, 2.75) is 0 Å². The van der Waals surface area contributed by atoms with E-state index in [1.807, 2.05) is 0 Å². The summed E-state index contributed by atoms with van der Waals surface area (Å²) < 4.78 is 7.40. The lowest BCUT2D eigenvalue weighted by atomic mass is 10.0. The van der Waals surface area contributed by atoms with Crippen molar-refractivity contribution in [2.24, 2.45) is 0 Å². The van der Waals surface area contributed by atoms with Gasteiger partial charge in [0.05, 0.1) is 38.6 Å². The van der Waals surface area contributed by atoms with Crippen LogP contribution in [0, 0.1) is 0 Å². The molecule has 7 aromatic carbocycles. The number of hydrogen-bond acceptors (Lipinski definition) is 0. The monoisotopic (exact) mass is 571 g/mol. The summed E-state index contributed by atoms with van der Waals surface area (Å²) in [5, 5.41) is 10.4. The normalized spacial score (nSPS) is 12.4. The highest BCUT2D eigenvalue weighted by Crippen LogP contribution is 2.48. The predicted octanol–water partition coefficient (Wildman–Crippen LogP) is 11.0. The second kappa shape index (κ2) is 8.31. The van der Waals surface area contributed by atoms with Gasteiger partial charge in [-0.15, -0.1) is 0 Å². The predicted molar refractivity (Wildman–Crippen MR) is 190 cm³/mol. The lowest BCUT2D eigenvalue weighted by molar-refractivity contribution is 1.18. The SMILES string of the molecule is c1ccc(-n2c3ccccc3c3cc4c5c6c7ccccc7n(-c7ccccc7)c6cc6c7ccccc7n(c4cc32)c65)cc1. The quantitative estimate of drug-likeness (QED) is 0.196. The Bertz CT molecular complexity index is 2960. The maximum absolute atomic E-state index is 2.52. The third-order valence-electron chi connectivity index (χ3n) is 9.92. The zero-order valence-corrected chi connectivity index (χ0v) is 24.3. The molecule has 0 aliphatic heterocycles. The highest BCUT2D eigenvalue weighted by atomic mass is 15.0. The fourth-order valence-electron chi connectivity index (χ4n) is 8.18. The van der Waals surface area contributed by atoms with Gasteiger partial charge in [0.15, 0.2) is 0 Å². The Kier molecular flexibility index (Phi) is 4.32. The van der Waals surface area contributed by atoms with Gasteiger partial charge in [-0.05, 0) is 60.7 Å². The number of nitrogens with zero attached hydrogens (tertiary/aromatic N) is 3. The van der Waals surface area contributed by atoms with E-state index in [0.29, 0.717) is 0 Å². The minimum Gasteiger partial charge on any atom is -0.309 e. The Labute approximate surface area is 257 Å². The van der Waals surface area contributed by atoms with Crippen molar-refractivity contribution in [3.63, 3.8) is 0 Å². The summed E-state index contributed by atoms with van der Waals surface area (Å²) in [6, 6.07) is 55.5. The molecule has 3 heteroatoms. The Morgan fingerprint density at radius 1 is 0.289 bits per heavy atom. The van der Waals surface area contributed by atoms with Crippen LogP contribution in [-0.2, 0) is 0 Å². The second-order valence-corrected chi connectivity index (χ2v) is 12.2. The Hall–Kier alpha value is -6.06. The Morgan fingerprint density at radius 3 is 1.51 bits per heavy atom. The van der Waals surface area contributed by atoms with Crippen molar-refractivity contribution in [1.82, 2.24) is 13.5 Å². The molecule has 11 rings (SSSR count). The van der Waals surface area contributed by atoms with Gasteiger partial charge in [0, 0.05) is 54.5 Å². The average molecular weight is 572 g/mol. The lowest BCUT2D eigenvalue weighted by Gasteiger charge is -2.08. The van der Waals surface area contributed by atoms with Crippen LogP contribution in [0.15, 0.2) is 152 Å². The molecular weight excluding hydrogens is 546 g/mol. The van der Waals surface area contributed by atoms with Gasteiger partial charge in [-0.3, -0.25) is 0 Å². The smallest absolute Gasteiger partial charge is 0.0628 e. The van der Waals surface area contributed by atoms with Gasteiger partial charge >= 0.3 is 0 Å². The van der Waals surface area contributed by atoms with Gasteiger partial charge < -0.3 is 13.5 Å². The lowest BCUT2D eigenvalue weighted by Crippen LogP contribution is -1.93. The molecule has 0 saturated heterocycles. The van der Waals surface area contributed by atoms with Crippen molar-refractivity contribution < 1.29 is 0 Å². The van der Waals surface area contributed by atoms with Crippen molar-refractivity contribution in [3.8, 4) is 11.4 Å². The van der Waals surface area contributed by atoms with Crippen LogP contribution in [0.4, 0.5) is 0 Å². The molecule has 3 nitrogen and oxygen atoms in total. The molecule has 0 N–H and O–H groups in total. The molecule has 0 amide bonds. The van der Waals surface area contributed by atoms with Crippen molar-refractivity contribution in [1.29, 1.82) is 0 Å². The number of rotatable bonds is 2. The molecule has 0 bridgehead atoms. The van der Waals surface area contributed by atoms with Gasteiger partial charge in [-0.25, -0.2) is 0 Å². The fraction of sp³-hybridized carbons (Fsp3) is 0. The number of para-hydroxylation sites is 5. The average Bonchev–Trinajstić information content (AvgIpc) is 3.81. The van der Waals surface area contributed by atoms with Crippen molar-refractivity contribution >= 4 is 81.7 Å². The molecule has 45 heavy (non-hydrogen) atoms. The van der Waals surface area contributed by atoms with Crippen LogP contribution in [0.2, 0.25) is 0 Å². The molecule has 0 fully saturated rings. The largest absolute Gasteiger partial charge is 0.309 e. The van der Waals surface area contributed by atoms with E-state index >= 15 is 0 Å². The van der Waals surface area contributed by atoms with Gasteiger partial charge in [-0.1, -0.05) is 91.0 Å². The van der Waals surface area contributed by atoms with E-state index in [-0.39, 0.29) is 0 Å². The molecule has 0 saturated carbocycles. The minimum absolute atomic E-state index is 1.18. The molecule has 4 aromatic heterocycles. The van der Waals surface area contributed by atoms with Crippen molar-refractivity contribution in [2.75, 3.05) is 0 Å². The van der Waals surface area contributed by atoms with E-state index in [2.05, 4.69) is 165 Å². The molecule has 0 atom stereocenters. The summed E-state index contributed by atoms with van der Waals surface area (Å²) in [5.41, 5.74) is 11.1. The summed E-state index contributed by atoms with van der Waals surface area (Å²) in [5.74, 6) is 0. The summed E-state index contributed by atoms with van der Waals surface area (Å²) in [6.45, 7) is 0. The first kappa shape index (κ1) is 23.4. The number of hydrogen-bond donors (Lipinski definition) is 0. The standard InChI is InChI=1S/C42H25N3/c1-3-13-26(14-4-1)43-34-20-10-7-17-28(34)31-23-33-38(25-37(31)43)45-35-21-11-8-18-29(35)32-24-39-40(41(33)42(32)45)30-19-9-12-22-36(30)44(39)27-15-5-2-6-16-27/h1-25H. The third kappa shape index (κ3) is 2.86. The Morgan fingerprint density at radius 2 is 0.822 bits per heavy atom. The van der Waals surface area contributed by atoms with E-state index in [4.69, 9.17) is 0 Å². The van der Waals surface area contributed by atoms with E-state index in [1.54, 1.807) is 0 Å². The first-order valence-electron chi connectivity index (χ1n) is 15.5. The summed E-state index contributed by atoms with van der Waals surface area (Å²) in [7, 11) is 0. The highest BCUT2D eigenvalue weighted by molar-refractivity contribution is 6.36. The van der Waals surface area contributed by atoms with Crippen LogP contribution in [0.5, 0.6) is 0 Å². The third-order valence-corrected chi connectivity index (χ3v) is 9.92. The molecule has 11 aromatic rings. The molecule has 0 spiro atoms. The molecule has 0 unspecified atom stereocenters. The van der Waals surface area contributed by atoms with E-state index in [0.717, 1.165) is 0 Å². The fourth-order valence-corrected chi connectivity index (χ4v) is 8.18. The van der Waals surface area contributed by atoms with Gasteiger partial charge in [0.2, 0.25) is 0 Å². The second-order valence-electron chi connectivity index (χ2n) is 12.2. The van der Waals surface area contributed by atoms with E-state index < -0.39 is 0 Å². The van der Waals surface area contributed by atoms with Gasteiger partial charge in [0.1, 0.15) is 0 Å². The molecule has 4 heterocycles. The van der Waals surface area contributed by atoms with Crippen LogP contribution in [0.25, 0.3) is 93.1 Å². The van der Waals surface area contributed by atoms with Crippen LogP contribution >= 0.6 is 0 Å². The summed E-state index contributed by atoms with van der Waals surface area (Å²) >= 11 is 0. The number of fused-ring (bicyclic) bond motifs is 13. The first-order chi connectivity index (χ1) is 22.4. The van der Waals surface area contributed by atoms with Gasteiger partial charge in [0.25, 0.3) is 0 Å². The van der Waals surface area contributed by atoms with Crippen LogP contribution in [0.1, 0.15) is 0 Å². The van der Waals surface area contributed by atoms with Crippen LogP contribution in [0.3, 0.4) is 0 Å². The maximum Gasteiger partial charge on any atom is 0.0628 e. The molecule has 0 aliphatic rings. The van der Waals surface area contributed by atoms with E-state index in [9.17, 15) is 0 Å². The molecule has 208 valence electrons. The number of aromatic nitrogens is 3. The Balaban J connectivity index is 1.44. The van der Waals surface area contributed by atoms with E-state index in [1.165, 1.54) is 93.1 Å².